The number of hydrogen-bond acceptors (Lipinski definition) is 4. The molecule has 0 radical (unpaired) electrons. The van der Waals surface area contributed by atoms with E-state index < -0.39 is 22.5 Å². The molecule has 0 saturated heterocycles. The highest BCUT2D eigenvalue weighted by Crippen LogP contribution is 2.25. The minimum absolute atomic E-state index is 0.245. The van der Waals surface area contributed by atoms with Crippen LogP contribution in [0.15, 0.2) is 47.9 Å². The number of aryl methyl sites for hydroxylation is 1. The standard InChI is InChI=1S/C19H20ClN3O4S/c1-13-3-5-15(6-4-13)9-10-28(26,27)21-12-19(25)23-16-7-8-18(17(20)11-16)22-14(2)24/h3-11,21H,12H2,1-2H3,(H,22,24)(H,23,25)/b10-9+. The van der Waals surface area contributed by atoms with Gasteiger partial charge in [-0.1, -0.05) is 41.4 Å². The van der Waals surface area contributed by atoms with Crippen LogP contribution in [-0.2, 0) is 19.6 Å². The minimum atomic E-state index is -3.77. The molecule has 2 aromatic carbocycles. The molecule has 0 aliphatic heterocycles. The van der Waals surface area contributed by atoms with E-state index in [0.717, 1.165) is 16.5 Å². The number of carbonyl (C=O) groups excluding carboxylic acids is 2. The van der Waals surface area contributed by atoms with Crippen molar-refractivity contribution < 1.29 is 18.0 Å². The predicted octanol–water partition coefficient (Wildman–Crippen LogP) is 3.14. The van der Waals surface area contributed by atoms with Gasteiger partial charge >= 0.3 is 0 Å². The van der Waals surface area contributed by atoms with E-state index in [9.17, 15) is 18.0 Å². The average Bonchev–Trinajstić information content (AvgIpc) is 2.62. The Morgan fingerprint density at radius 3 is 2.36 bits per heavy atom. The van der Waals surface area contributed by atoms with Crippen molar-refractivity contribution in [2.45, 2.75) is 13.8 Å². The molecule has 0 spiro atoms. The summed E-state index contributed by atoms with van der Waals surface area (Å²) in [6, 6.07) is 11.9. The summed E-state index contributed by atoms with van der Waals surface area (Å²) in [7, 11) is -3.77. The first-order chi connectivity index (χ1) is 13.1. The highest BCUT2D eigenvalue weighted by atomic mass is 35.5. The van der Waals surface area contributed by atoms with Crippen LogP contribution < -0.4 is 15.4 Å². The van der Waals surface area contributed by atoms with Gasteiger partial charge in [-0.2, -0.15) is 0 Å². The Labute approximate surface area is 168 Å². The summed E-state index contributed by atoms with van der Waals surface area (Å²) in [5.41, 5.74) is 2.59. The SMILES string of the molecule is CC(=O)Nc1ccc(NC(=O)CNS(=O)(=O)/C=C/c2ccc(C)cc2)cc1Cl. The maximum Gasteiger partial charge on any atom is 0.239 e. The van der Waals surface area contributed by atoms with Crippen molar-refractivity contribution in [3.05, 3.63) is 64.0 Å². The number of sulfonamides is 1. The first-order valence-electron chi connectivity index (χ1n) is 8.26. The lowest BCUT2D eigenvalue weighted by atomic mass is 10.2. The van der Waals surface area contributed by atoms with Crippen LogP contribution in [0.25, 0.3) is 6.08 Å². The van der Waals surface area contributed by atoms with Crippen molar-refractivity contribution in [1.29, 1.82) is 0 Å². The number of nitrogens with one attached hydrogen (secondary N) is 3. The fraction of sp³-hybridized carbons (Fsp3) is 0.158. The molecule has 9 heteroatoms. The number of amides is 2. The highest BCUT2D eigenvalue weighted by molar-refractivity contribution is 7.92. The smallest absolute Gasteiger partial charge is 0.239 e. The molecule has 0 unspecified atom stereocenters. The maximum atomic E-state index is 12.0. The predicted molar refractivity (Wildman–Crippen MR) is 112 cm³/mol. The molecule has 7 nitrogen and oxygen atoms in total. The van der Waals surface area contributed by atoms with Crippen molar-refractivity contribution in [2.75, 3.05) is 17.2 Å². The summed E-state index contributed by atoms with van der Waals surface area (Å²) in [6.07, 6.45) is 1.44. The zero-order valence-electron chi connectivity index (χ0n) is 15.3. The van der Waals surface area contributed by atoms with Gasteiger partial charge in [0.2, 0.25) is 21.8 Å². The summed E-state index contributed by atoms with van der Waals surface area (Å²) in [4.78, 5) is 23.0. The second kappa shape index (κ2) is 9.50. The van der Waals surface area contributed by atoms with Crippen LogP contribution in [0.3, 0.4) is 0 Å². The van der Waals surface area contributed by atoms with Crippen molar-refractivity contribution in [1.82, 2.24) is 4.72 Å². The Balaban J connectivity index is 1.91. The van der Waals surface area contributed by atoms with Gasteiger partial charge in [0.1, 0.15) is 0 Å². The first kappa shape index (κ1) is 21.6. The van der Waals surface area contributed by atoms with Crippen molar-refractivity contribution in [3.8, 4) is 0 Å². The molecule has 2 amide bonds. The molecular formula is C19H20ClN3O4S. The third-order valence-electron chi connectivity index (χ3n) is 3.51. The molecule has 0 atom stereocenters. The van der Waals surface area contributed by atoms with E-state index in [0.29, 0.717) is 11.4 Å². The number of rotatable bonds is 7. The van der Waals surface area contributed by atoms with Gasteiger partial charge in [0, 0.05) is 18.0 Å². The van der Waals surface area contributed by atoms with Gasteiger partial charge in [0.25, 0.3) is 0 Å². The number of halogens is 1. The van der Waals surface area contributed by atoms with Crippen LogP contribution in [0.2, 0.25) is 5.02 Å². The van der Waals surface area contributed by atoms with E-state index in [1.807, 2.05) is 19.1 Å². The molecule has 0 aliphatic carbocycles. The summed E-state index contributed by atoms with van der Waals surface area (Å²) in [5.74, 6) is -0.831. The summed E-state index contributed by atoms with van der Waals surface area (Å²) < 4.78 is 26.2. The van der Waals surface area contributed by atoms with Crippen LogP contribution in [0.5, 0.6) is 0 Å². The van der Waals surface area contributed by atoms with Crippen LogP contribution in [0, 0.1) is 6.92 Å². The molecule has 0 aliphatic rings. The van der Waals surface area contributed by atoms with Gasteiger partial charge in [0.15, 0.2) is 0 Å². The molecule has 0 heterocycles. The number of benzene rings is 2. The van der Waals surface area contributed by atoms with Gasteiger partial charge in [-0.3, -0.25) is 9.59 Å². The molecule has 3 N–H and O–H groups in total. The Morgan fingerprint density at radius 1 is 1.07 bits per heavy atom. The fourth-order valence-electron chi connectivity index (χ4n) is 2.15. The Hall–Kier alpha value is -2.68. The van der Waals surface area contributed by atoms with Crippen LogP contribution in [-0.4, -0.2) is 26.8 Å². The number of hydrogen-bond donors (Lipinski definition) is 3. The maximum absolute atomic E-state index is 12.0. The van der Waals surface area contributed by atoms with Crippen LogP contribution in [0.1, 0.15) is 18.1 Å². The molecule has 0 saturated carbocycles. The third kappa shape index (κ3) is 7.15. The van der Waals surface area contributed by atoms with Crippen LogP contribution >= 0.6 is 11.6 Å². The van der Waals surface area contributed by atoms with Crippen molar-refractivity contribution >= 4 is 50.9 Å². The van der Waals surface area contributed by atoms with E-state index in [2.05, 4.69) is 15.4 Å². The zero-order valence-corrected chi connectivity index (χ0v) is 16.9. The van der Waals surface area contributed by atoms with Crippen molar-refractivity contribution in [2.24, 2.45) is 0 Å². The Kier molecular flexibility index (Phi) is 7.33. The quantitative estimate of drug-likeness (QED) is 0.638. The molecule has 28 heavy (non-hydrogen) atoms. The monoisotopic (exact) mass is 421 g/mol. The minimum Gasteiger partial charge on any atom is -0.325 e. The van der Waals surface area contributed by atoms with Crippen molar-refractivity contribution in [3.63, 3.8) is 0 Å². The van der Waals surface area contributed by atoms with E-state index in [4.69, 9.17) is 11.6 Å². The molecule has 0 fully saturated rings. The van der Waals surface area contributed by atoms with Gasteiger partial charge < -0.3 is 10.6 Å². The molecule has 0 aromatic heterocycles. The third-order valence-corrected chi connectivity index (χ3v) is 4.87. The highest BCUT2D eigenvalue weighted by Gasteiger charge is 2.10. The molecule has 148 valence electrons. The molecule has 2 rings (SSSR count). The van der Waals surface area contributed by atoms with E-state index in [1.54, 1.807) is 18.2 Å². The summed E-state index contributed by atoms with van der Waals surface area (Å²) in [5, 5.41) is 6.32. The summed E-state index contributed by atoms with van der Waals surface area (Å²) in [6.45, 7) is 2.85. The topological polar surface area (TPSA) is 104 Å². The Morgan fingerprint density at radius 2 is 1.75 bits per heavy atom. The average molecular weight is 422 g/mol. The first-order valence-corrected chi connectivity index (χ1v) is 10.2. The van der Waals surface area contributed by atoms with E-state index in [-0.39, 0.29) is 10.9 Å². The molecule has 2 aromatic rings. The summed E-state index contributed by atoms with van der Waals surface area (Å²) >= 11 is 6.03. The number of carbonyl (C=O) groups is 2. The Bertz CT molecular complexity index is 1000. The second-order valence-corrected chi connectivity index (χ2v) is 8.06. The lowest BCUT2D eigenvalue weighted by Gasteiger charge is -2.09. The lowest BCUT2D eigenvalue weighted by Crippen LogP contribution is -2.31. The number of anilines is 2. The van der Waals surface area contributed by atoms with E-state index >= 15 is 0 Å². The fourth-order valence-corrected chi connectivity index (χ4v) is 3.14. The molecular weight excluding hydrogens is 402 g/mol. The molecule has 0 bridgehead atoms. The van der Waals surface area contributed by atoms with Crippen LogP contribution in [0.4, 0.5) is 11.4 Å². The largest absolute Gasteiger partial charge is 0.325 e. The van der Waals surface area contributed by atoms with Gasteiger partial charge in [0.05, 0.1) is 17.3 Å². The van der Waals surface area contributed by atoms with E-state index in [1.165, 1.54) is 25.1 Å². The second-order valence-electron chi connectivity index (χ2n) is 6.00. The normalized spacial score (nSPS) is 11.4. The zero-order chi connectivity index (χ0) is 20.7. The van der Waals surface area contributed by atoms with Gasteiger partial charge in [-0.05, 0) is 36.8 Å². The lowest BCUT2D eigenvalue weighted by molar-refractivity contribution is -0.115. The van der Waals surface area contributed by atoms with Gasteiger partial charge in [-0.25, -0.2) is 13.1 Å². The van der Waals surface area contributed by atoms with Gasteiger partial charge in [-0.15, -0.1) is 0 Å².